The number of carbonyl (C=O) groups excluding carboxylic acids is 3. The van der Waals surface area contributed by atoms with Gasteiger partial charge in [0, 0.05) is 0 Å². The molecule has 2 atom stereocenters. The molecule has 0 unspecified atom stereocenters. The van der Waals surface area contributed by atoms with E-state index in [9.17, 15) is 19.2 Å². The lowest BCUT2D eigenvalue weighted by atomic mass is 10.1. The number of thioether (sulfide) groups is 1. The Balaban J connectivity index is 4.93. The number of esters is 1. The first-order valence-electron chi connectivity index (χ1n) is 7.72. The summed E-state index contributed by atoms with van der Waals surface area (Å²) in [6.07, 6.45) is 1.85. The van der Waals surface area contributed by atoms with Gasteiger partial charge in [0.1, 0.15) is 18.2 Å². The lowest BCUT2D eigenvalue weighted by Crippen LogP contribution is -2.53. The molecule has 0 fully saturated rings. The third-order valence-corrected chi connectivity index (χ3v) is 3.45. The minimum Gasteiger partial charge on any atom is -0.480 e. The summed E-state index contributed by atoms with van der Waals surface area (Å²) < 4.78 is 5.13. The molecule has 0 saturated carbocycles. The van der Waals surface area contributed by atoms with E-state index in [1.54, 1.807) is 20.8 Å². The highest BCUT2D eigenvalue weighted by atomic mass is 32.2. The standard InChI is InChI=1S/C15H27N3O6S/c1-15(2,3)24-12(21)7-10(14(23)17-8-11(19)20)18-13(22)9(16)5-6-25-4/h9-10H,5-8,16H2,1-4H3,(H,17,23)(H,18,22)(H,19,20)/t9-,10-/m0/s1. The van der Waals surface area contributed by atoms with E-state index >= 15 is 0 Å². The van der Waals surface area contributed by atoms with Crippen molar-refractivity contribution in [3.63, 3.8) is 0 Å². The third-order valence-electron chi connectivity index (χ3n) is 2.81. The molecule has 0 bridgehead atoms. The van der Waals surface area contributed by atoms with Gasteiger partial charge in [-0.1, -0.05) is 0 Å². The van der Waals surface area contributed by atoms with E-state index in [4.69, 9.17) is 15.6 Å². The molecule has 0 spiro atoms. The molecule has 0 aliphatic rings. The molecule has 0 aromatic carbocycles. The van der Waals surface area contributed by atoms with Crippen molar-refractivity contribution in [2.24, 2.45) is 5.73 Å². The summed E-state index contributed by atoms with van der Waals surface area (Å²) in [4.78, 5) is 46.7. The van der Waals surface area contributed by atoms with Crippen LogP contribution in [0, 0.1) is 0 Å². The van der Waals surface area contributed by atoms with Crippen LogP contribution in [-0.4, -0.2) is 65.1 Å². The summed E-state index contributed by atoms with van der Waals surface area (Å²) in [5.74, 6) is -2.66. The van der Waals surface area contributed by atoms with Crippen LogP contribution in [0.1, 0.15) is 33.6 Å². The van der Waals surface area contributed by atoms with Crippen molar-refractivity contribution in [2.75, 3.05) is 18.6 Å². The van der Waals surface area contributed by atoms with Gasteiger partial charge in [-0.3, -0.25) is 19.2 Å². The number of hydrogen-bond donors (Lipinski definition) is 4. The number of carbonyl (C=O) groups is 4. The summed E-state index contributed by atoms with van der Waals surface area (Å²) in [6.45, 7) is 4.38. The summed E-state index contributed by atoms with van der Waals surface area (Å²) in [7, 11) is 0. The number of amides is 2. The second-order valence-electron chi connectivity index (χ2n) is 6.35. The van der Waals surface area contributed by atoms with Gasteiger partial charge in [-0.25, -0.2) is 0 Å². The van der Waals surface area contributed by atoms with Crippen molar-refractivity contribution in [3.8, 4) is 0 Å². The number of carboxylic acid groups (broad SMARTS) is 1. The first kappa shape index (κ1) is 23.2. The topological polar surface area (TPSA) is 148 Å². The Morgan fingerprint density at radius 3 is 2.28 bits per heavy atom. The van der Waals surface area contributed by atoms with Crippen molar-refractivity contribution in [2.45, 2.75) is 51.3 Å². The second-order valence-corrected chi connectivity index (χ2v) is 7.34. The van der Waals surface area contributed by atoms with Crippen LogP contribution in [0.25, 0.3) is 0 Å². The van der Waals surface area contributed by atoms with Gasteiger partial charge in [-0.05, 0) is 39.2 Å². The number of rotatable bonds is 10. The number of hydrogen-bond acceptors (Lipinski definition) is 7. The minimum absolute atomic E-state index is 0.406. The molecule has 0 radical (unpaired) electrons. The Morgan fingerprint density at radius 2 is 1.80 bits per heavy atom. The molecule has 5 N–H and O–H groups in total. The van der Waals surface area contributed by atoms with Crippen molar-refractivity contribution >= 4 is 35.5 Å². The largest absolute Gasteiger partial charge is 0.480 e. The molecule has 0 heterocycles. The maximum Gasteiger partial charge on any atom is 0.322 e. The van der Waals surface area contributed by atoms with Gasteiger partial charge >= 0.3 is 11.9 Å². The van der Waals surface area contributed by atoms with E-state index in [1.165, 1.54) is 11.8 Å². The number of aliphatic carboxylic acids is 1. The fourth-order valence-electron chi connectivity index (χ4n) is 1.70. The molecule has 0 saturated heterocycles. The number of ether oxygens (including phenoxy) is 1. The van der Waals surface area contributed by atoms with Gasteiger partial charge in [0.2, 0.25) is 11.8 Å². The highest BCUT2D eigenvalue weighted by Crippen LogP contribution is 2.10. The molecule has 0 aromatic heterocycles. The van der Waals surface area contributed by atoms with E-state index in [0.717, 1.165) is 0 Å². The van der Waals surface area contributed by atoms with Crippen LogP contribution >= 0.6 is 11.8 Å². The predicted octanol–water partition coefficient (Wildman–Crippen LogP) is -0.516. The molecular weight excluding hydrogens is 350 g/mol. The smallest absolute Gasteiger partial charge is 0.322 e. The van der Waals surface area contributed by atoms with Gasteiger partial charge in [0.15, 0.2) is 0 Å². The minimum atomic E-state index is -1.26. The monoisotopic (exact) mass is 377 g/mol. The zero-order chi connectivity index (χ0) is 19.6. The van der Waals surface area contributed by atoms with E-state index in [-0.39, 0.29) is 0 Å². The molecule has 0 aliphatic carbocycles. The van der Waals surface area contributed by atoms with E-state index < -0.39 is 54.4 Å². The number of carboxylic acids is 1. The van der Waals surface area contributed by atoms with Gasteiger partial charge in [0.05, 0.1) is 12.5 Å². The first-order chi connectivity index (χ1) is 11.5. The van der Waals surface area contributed by atoms with Crippen LogP contribution in [0.4, 0.5) is 0 Å². The van der Waals surface area contributed by atoms with Crippen molar-refractivity contribution in [1.29, 1.82) is 0 Å². The average molecular weight is 377 g/mol. The Kier molecular flexibility index (Phi) is 10.1. The molecule has 0 aromatic rings. The van der Waals surface area contributed by atoms with Crippen LogP contribution in [0.3, 0.4) is 0 Å². The van der Waals surface area contributed by atoms with Crippen molar-refractivity contribution in [1.82, 2.24) is 10.6 Å². The first-order valence-corrected chi connectivity index (χ1v) is 9.12. The second kappa shape index (κ2) is 10.9. The van der Waals surface area contributed by atoms with Gasteiger partial charge in [-0.2, -0.15) is 11.8 Å². The maximum absolute atomic E-state index is 12.1. The molecule has 25 heavy (non-hydrogen) atoms. The predicted molar refractivity (Wildman–Crippen MR) is 94.0 cm³/mol. The fraction of sp³-hybridized carbons (Fsp3) is 0.733. The van der Waals surface area contributed by atoms with Crippen molar-refractivity contribution in [3.05, 3.63) is 0 Å². The quantitative estimate of drug-likeness (QED) is 0.372. The number of nitrogens with two attached hydrogens (primary N) is 1. The normalized spacial score (nSPS) is 13.5. The van der Waals surface area contributed by atoms with E-state index in [0.29, 0.717) is 12.2 Å². The molecular formula is C15H27N3O6S. The zero-order valence-corrected chi connectivity index (χ0v) is 15.8. The third kappa shape index (κ3) is 11.4. The SMILES string of the molecule is CSCC[C@H](N)C(=O)N[C@@H](CC(=O)OC(C)(C)C)C(=O)NCC(=O)O. The summed E-state index contributed by atoms with van der Waals surface area (Å²) >= 11 is 1.52. The highest BCUT2D eigenvalue weighted by Gasteiger charge is 2.28. The zero-order valence-electron chi connectivity index (χ0n) is 15.0. The van der Waals surface area contributed by atoms with Crippen LogP contribution < -0.4 is 16.4 Å². The lowest BCUT2D eigenvalue weighted by molar-refractivity contribution is -0.156. The van der Waals surface area contributed by atoms with Gasteiger partial charge < -0.3 is 26.2 Å². The summed E-state index contributed by atoms with van der Waals surface area (Å²) in [5.41, 5.74) is 4.99. The molecule has 0 aliphatic heterocycles. The molecule has 0 rings (SSSR count). The van der Waals surface area contributed by atoms with Crippen LogP contribution in [0.15, 0.2) is 0 Å². The lowest BCUT2D eigenvalue weighted by Gasteiger charge is -2.23. The Morgan fingerprint density at radius 1 is 1.20 bits per heavy atom. The molecule has 2 amide bonds. The molecule has 9 nitrogen and oxygen atoms in total. The maximum atomic E-state index is 12.1. The molecule has 144 valence electrons. The Bertz CT molecular complexity index is 492. The summed E-state index contributed by atoms with van der Waals surface area (Å²) in [6, 6.07) is -2.09. The summed E-state index contributed by atoms with van der Waals surface area (Å²) in [5, 5.41) is 13.1. The molecule has 10 heteroatoms. The van der Waals surface area contributed by atoms with Crippen LogP contribution in [-0.2, 0) is 23.9 Å². The average Bonchev–Trinajstić information content (AvgIpc) is 2.47. The van der Waals surface area contributed by atoms with E-state index in [1.807, 2.05) is 6.26 Å². The van der Waals surface area contributed by atoms with E-state index in [2.05, 4.69) is 10.6 Å². The van der Waals surface area contributed by atoms with Crippen LogP contribution in [0.5, 0.6) is 0 Å². The van der Waals surface area contributed by atoms with Gasteiger partial charge in [0.25, 0.3) is 0 Å². The van der Waals surface area contributed by atoms with Crippen LogP contribution in [0.2, 0.25) is 0 Å². The highest BCUT2D eigenvalue weighted by molar-refractivity contribution is 7.98. The fourth-order valence-corrected chi connectivity index (χ4v) is 2.19. The Labute approximate surface area is 151 Å². The van der Waals surface area contributed by atoms with Crippen molar-refractivity contribution < 1.29 is 29.0 Å². The van der Waals surface area contributed by atoms with Gasteiger partial charge in [-0.15, -0.1) is 0 Å². The number of nitrogens with one attached hydrogen (secondary N) is 2. The Hall–Kier alpha value is -1.81.